The molecule has 3 aromatic rings. The molecule has 1 aromatic heterocycles. The molecule has 5 heteroatoms. The Morgan fingerprint density at radius 1 is 1.17 bits per heavy atom. The summed E-state index contributed by atoms with van der Waals surface area (Å²) in [7, 11) is 1.69. The maximum absolute atomic E-state index is 13.7. The summed E-state index contributed by atoms with van der Waals surface area (Å²) in [6.07, 6.45) is 1.80. The molecule has 1 aliphatic heterocycles. The van der Waals surface area contributed by atoms with Gasteiger partial charge < -0.3 is 19.1 Å². The van der Waals surface area contributed by atoms with E-state index in [4.69, 9.17) is 9.47 Å². The van der Waals surface area contributed by atoms with Crippen molar-refractivity contribution in [3.63, 3.8) is 0 Å². The number of ether oxygens (including phenoxy) is 2. The Balaban J connectivity index is 2.17. The Labute approximate surface area is 176 Å². The summed E-state index contributed by atoms with van der Waals surface area (Å²) < 4.78 is 27.3. The first-order valence-corrected chi connectivity index (χ1v) is 10.3. The summed E-state index contributed by atoms with van der Waals surface area (Å²) >= 11 is 0. The second-order valence-electron chi connectivity index (χ2n) is 8.51. The van der Waals surface area contributed by atoms with E-state index in [1.54, 1.807) is 25.3 Å². The van der Waals surface area contributed by atoms with E-state index in [0.29, 0.717) is 13.2 Å². The van der Waals surface area contributed by atoms with Crippen molar-refractivity contribution in [3.8, 4) is 11.4 Å². The van der Waals surface area contributed by atoms with Crippen LogP contribution in [0.3, 0.4) is 0 Å². The molecule has 1 N–H and O–H groups in total. The summed E-state index contributed by atoms with van der Waals surface area (Å²) in [6, 6.07) is 12.0. The molecular formula is C25H28FNO3. The molecule has 0 bridgehead atoms. The van der Waals surface area contributed by atoms with Crippen molar-refractivity contribution in [2.75, 3.05) is 20.3 Å². The molecule has 0 saturated heterocycles. The third kappa shape index (κ3) is 3.37. The quantitative estimate of drug-likeness (QED) is 0.567. The van der Waals surface area contributed by atoms with Gasteiger partial charge in [0.1, 0.15) is 11.6 Å². The smallest absolute Gasteiger partial charge is 0.125 e. The highest BCUT2D eigenvalue weighted by Gasteiger charge is 2.34. The number of phenols is 1. The molecule has 0 saturated carbocycles. The van der Waals surface area contributed by atoms with Gasteiger partial charge in [-0.15, -0.1) is 0 Å². The summed E-state index contributed by atoms with van der Waals surface area (Å²) in [4.78, 5) is 0. The first kappa shape index (κ1) is 20.5. The number of methoxy groups -OCH3 is 1. The number of halogens is 1. The van der Waals surface area contributed by atoms with Crippen LogP contribution in [0.5, 0.6) is 5.75 Å². The van der Waals surface area contributed by atoms with Gasteiger partial charge in [-0.1, -0.05) is 19.9 Å². The first-order chi connectivity index (χ1) is 14.3. The number of phenolic OH excluding ortho intramolecular Hbond substituents is 1. The van der Waals surface area contributed by atoms with Gasteiger partial charge in [0, 0.05) is 34.9 Å². The van der Waals surface area contributed by atoms with E-state index >= 15 is 0 Å². The van der Waals surface area contributed by atoms with Crippen LogP contribution in [0.15, 0.2) is 48.2 Å². The normalized spacial score (nSPS) is 15.0. The molecule has 158 valence electrons. The van der Waals surface area contributed by atoms with Gasteiger partial charge in [0.25, 0.3) is 0 Å². The van der Waals surface area contributed by atoms with Gasteiger partial charge in [0.05, 0.1) is 24.5 Å². The monoisotopic (exact) mass is 409 g/mol. The fourth-order valence-corrected chi connectivity index (χ4v) is 4.58. The van der Waals surface area contributed by atoms with Gasteiger partial charge >= 0.3 is 0 Å². The van der Waals surface area contributed by atoms with E-state index in [2.05, 4.69) is 18.4 Å². The summed E-state index contributed by atoms with van der Waals surface area (Å²) in [5.41, 5.74) is 4.45. The minimum Gasteiger partial charge on any atom is -0.507 e. The molecule has 0 aliphatic carbocycles. The fourth-order valence-electron chi connectivity index (χ4n) is 4.58. The predicted molar refractivity (Wildman–Crippen MR) is 118 cm³/mol. The lowest BCUT2D eigenvalue weighted by Gasteiger charge is -2.30. The Morgan fingerprint density at radius 2 is 1.90 bits per heavy atom. The standard InChI is InChI=1S/C25H28FNO3/c1-16-19(7-6-14-30-16)22-23-20(8-5-9-21(23)28)27(18-12-10-17(26)11-13-18)24(22)25(2,3)15-29-4/h5,8-13,28H,6-7,14-15H2,1-4H3. The SMILES string of the molecule is COCC(C)(C)c1c(C2=C(C)OCCC2)c2c(O)cccc2n1-c1ccc(F)cc1. The maximum Gasteiger partial charge on any atom is 0.125 e. The lowest BCUT2D eigenvalue weighted by atomic mass is 9.83. The zero-order chi connectivity index (χ0) is 21.5. The van der Waals surface area contributed by atoms with E-state index in [-0.39, 0.29) is 17.0 Å². The van der Waals surface area contributed by atoms with Crippen LogP contribution < -0.4 is 0 Å². The zero-order valence-corrected chi connectivity index (χ0v) is 18.0. The highest BCUT2D eigenvalue weighted by Crippen LogP contribution is 2.46. The van der Waals surface area contributed by atoms with Crippen molar-refractivity contribution in [2.45, 2.75) is 39.0 Å². The number of fused-ring (bicyclic) bond motifs is 1. The molecule has 0 atom stereocenters. The van der Waals surface area contributed by atoms with Crippen LogP contribution in [0.4, 0.5) is 4.39 Å². The maximum atomic E-state index is 13.7. The van der Waals surface area contributed by atoms with Crippen LogP contribution in [0, 0.1) is 5.82 Å². The number of rotatable bonds is 5. The molecule has 1 aliphatic rings. The van der Waals surface area contributed by atoms with Crippen molar-refractivity contribution in [1.29, 1.82) is 0 Å². The molecule has 2 aromatic carbocycles. The number of nitrogens with zero attached hydrogens (tertiary/aromatic N) is 1. The Bertz CT molecular complexity index is 1110. The van der Waals surface area contributed by atoms with Gasteiger partial charge in [0.2, 0.25) is 0 Å². The molecule has 0 fully saturated rings. The van der Waals surface area contributed by atoms with Gasteiger partial charge in [0.15, 0.2) is 0 Å². The van der Waals surface area contributed by atoms with Gasteiger partial charge in [-0.3, -0.25) is 0 Å². The minimum atomic E-state index is -0.380. The summed E-state index contributed by atoms with van der Waals surface area (Å²) in [5, 5.41) is 11.7. The predicted octanol–water partition coefficient (Wildman–Crippen LogP) is 5.94. The van der Waals surface area contributed by atoms with Gasteiger partial charge in [-0.2, -0.15) is 0 Å². The van der Waals surface area contributed by atoms with E-state index < -0.39 is 0 Å². The average Bonchev–Trinajstić information content (AvgIpc) is 3.06. The third-order valence-electron chi connectivity index (χ3n) is 5.82. The van der Waals surface area contributed by atoms with Gasteiger partial charge in [-0.25, -0.2) is 4.39 Å². The molecule has 2 heterocycles. The van der Waals surface area contributed by atoms with Gasteiger partial charge in [-0.05, 0) is 61.7 Å². The molecule has 4 nitrogen and oxygen atoms in total. The van der Waals surface area contributed by atoms with Crippen LogP contribution in [-0.2, 0) is 14.9 Å². The lowest BCUT2D eigenvalue weighted by molar-refractivity contribution is 0.144. The molecule has 0 unspecified atom stereocenters. The molecule has 0 radical (unpaired) electrons. The molecule has 30 heavy (non-hydrogen) atoms. The molecular weight excluding hydrogens is 381 g/mol. The number of allylic oxidation sites excluding steroid dienone is 2. The number of aromatic nitrogens is 1. The largest absolute Gasteiger partial charge is 0.507 e. The topological polar surface area (TPSA) is 43.6 Å². The van der Waals surface area contributed by atoms with Crippen molar-refractivity contribution in [2.24, 2.45) is 0 Å². The highest BCUT2D eigenvalue weighted by molar-refractivity contribution is 6.00. The fraction of sp³-hybridized carbons (Fsp3) is 0.360. The minimum absolute atomic E-state index is 0.226. The Kier molecular flexibility index (Phi) is 5.33. The van der Waals surface area contributed by atoms with Crippen molar-refractivity contribution >= 4 is 16.5 Å². The van der Waals surface area contributed by atoms with Crippen LogP contribution in [-0.4, -0.2) is 30.0 Å². The highest BCUT2D eigenvalue weighted by atomic mass is 19.1. The summed E-state index contributed by atoms with van der Waals surface area (Å²) in [6.45, 7) is 7.44. The van der Waals surface area contributed by atoms with Crippen LogP contribution >= 0.6 is 0 Å². The van der Waals surface area contributed by atoms with Crippen molar-refractivity contribution < 1.29 is 19.0 Å². The number of hydrogen-bond acceptors (Lipinski definition) is 3. The Morgan fingerprint density at radius 3 is 2.57 bits per heavy atom. The molecule has 0 amide bonds. The third-order valence-corrected chi connectivity index (χ3v) is 5.82. The van der Waals surface area contributed by atoms with Crippen LogP contribution in [0.2, 0.25) is 0 Å². The molecule has 4 rings (SSSR count). The Hall–Kier alpha value is -2.79. The van der Waals surface area contributed by atoms with E-state index in [9.17, 15) is 9.50 Å². The lowest BCUT2D eigenvalue weighted by Crippen LogP contribution is -2.28. The van der Waals surface area contributed by atoms with E-state index in [0.717, 1.165) is 52.0 Å². The second kappa shape index (κ2) is 7.80. The second-order valence-corrected chi connectivity index (χ2v) is 8.51. The van der Waals surface area contributed by atoms with E-state index in [1.807, 2.05) is 19.1 Å². The number of benzene rings is 2. The first-order valence-electron chi connectivity index (χ1n) is 10.3. The van der Waals surface area contributed by atoms with Crippen molar-refractivity contribution in [3.05, 3.63) is 65.3 Å². The average molecular weight is 410 g/mol. The van der Waals surface area contributed by atoms with Crippen molar-refractivity contribution in [1.82, 2.24) is 4.57 Å². The summed E-state index contributed by atoms with van der Waals surface area (Å²) in [5.74, 6) is 0.830. The zero-order valence-electron chi connectivity index (χ0n) is 18.0. The number of aromatic hydroxyl groups is 1. The van der Waals surface area contributed by atoms with Crippen LogP contribution in [0.25, 0.3) is 22.2 Å². The number of hydrogen-bond donors (Lipinski definition) is 1. The molecule has 0 spiro atoms. The van der Waals surface area contributed by atoms with E-state index in [1.165, 1.54) is 12.1 Å². The van der Waals surface area contributed by atoms with Crippen LogP contribution in [0.1, 0.15) is 44.9 Å².